The largest absolute Gasteiger partial charge is 0.383 e. The van der Waals surface area contributed by atoms with Crippen LogP contribution in [0.25, 0.3) is 10.2 Å². The Labute approximate surface area is 125 Å². The number of aliphatic hydroxyl groups is 2. The SMILES string of the molecule is O=C(NC1CC=CC1)[C@@H](O)[C@H](O)c1nc2ccccc2s1. The summed E-state index contributed by atoms with van der Waals surface area (Å²) >= 11 is 1.28. The predicted octanol–water partition coefficient (Wildman–Crippen LogP) is 1.53. The molecule has 3 rings (SSSR count). The minimum absolute atomic E-state index is 0.00900. The number of aliphatic hydroxyl groups excluding tert-OH is 2. The molecular formula is C15H16N2O3S. The summed E-state index contributed by atoms with van der Waals surface area (Å²) < 4.78 is 0.916. The van der Waals surface area contributed by atoms with Crippen LogP contribution in [0.5, 0.6) is 0 Å². The summed E-state index contributed by atoms with van der Waals surface area (Å²) in [6.07, 6.45) is 2.68. The van der Waals surface area contributed by atoms with Crippen LogP contribution in [-0.2, 0) is 4.79 Å². The van der Waals surface area contributed by atoms with Crippen molar-refractivity contribution in [2.24, 2.45) is 0 Å². The number of nitrogens with one attached hydrogen (secondary N) is 1. The van der Waals surface area contributed by atoms with Crippen molar-refractivity contribution in [3.8, 4) is 0 Å². The lowest BCUT2D eigenvalue weighted by molar-refractivity contribution is -0.136. The molecule has 0 radical (unpaired) electrons. The third-order valence-electron chi connectivity index (χ3n) is 3.49. The Balaban J connectivity index is 1.70. The molecular weight excluding hydrogens is 288 g/mol. The van der Waals surface area contributed by atoms with Crippen molar-refractivity contribution in [2.45, 2.75) is 31.1 Å². The van der Waals surface area contributed by atoms with E-state index in [-0.39, 0.29) is 6.04 Å². The van der Waals surface area contributed by atoms with E-state index in [0.29, 0.717) is 5.01 Å². The first kappa shape index (κ1) is 14.2. The lowest BCUT2D eigenvalue weighted by atomic mass is 10.1. The fourth-order valence-corrected chi connectivity index (χ4v) is 3.30. The number of para-hydroxylation sites is 1. The Morgan fingerprint density at radius 3 is 2.71 bits per heavy atom. The highest BCUT2D eigenvalue weighted by Crippen LogP contribution is 2.28. The number of carbonyl (C=O) groups is 1. The first-order valence-electron chi connectivity index (χ1n) is 6.82. The van der Waals surface area contributed by atoms with Gasteiger partial charge in [-0.15, -0.1) is 11.3 Å². The molecule has 2 atom stereocenters. The van der Waals surface area contributed by atoms with Crippen molar-refractivity contribution in [1.82, 2.24) is 10.3 Å². The molecule has 1 amide bonds. The van der Waals surface area contributed by atoms with Crippen molar-refractivity contribution in [3.05, 3.63) is 41.4 Å². The van der Waals surface area contributed by atoms with Gasteiger partial charge in [0.05, 0.1) is 10.2 Å². The number of carbonyl (C=O) groups excluding carboxylic acids is 1. The summed E-state index contributed by atoms with van der Waals surface area (Å²) in [4.78, 5) is 16.2. The van der Waals surface area contributed by atoms with Gasteiger partial charge in [-0.1, -0.05) is 24.3 Å². The van der Waals surface area contributed by atoms with Crippen LogP contribution in [0.3, 0.4) is 0 Å². The van der Waals surface area contributed by atoms with Crippen molar-refractivity contribution >= 4 is 27.5 Å². The molecule has 0 saturated carbocycles. The second kappa shape index (κ2) is 5.93. The first-order valence-corrected chi connectivity index (χ1v) is 7.64. The van der Waals surface area contributed by atoms with E-state index in [0.717, 1.165) is 23.1 Å². The van der Waals surface area contributed by atoms with Gasteiger partial charge < -0.3 is 15.5 Å². The zero-order valence-electron chi connectivity index (χ0n) is 11.3. The van der Waals surface area contributed by atoms with Crippen molar-refractivity contribution < 1.29 is 15.0 Å². The number of amides is 1. The lowest BCUT2D eigenvalue weighted by Crippen LogP contribution is -2.42. The summed E-state index contributed by atoms with van der Waals surface area (Å²) in [6, 6.07) is 7.47. The van der Waals surface area contributed by atoms with E-state index in [1.54, 1.807) is 0 Å². The summed E-state index contributed by atoms with van der Waals surface area (Å²) in [5.41, 5.74) is 0.754. The monoisotopic (exact) mass is 304 g/mol. The van der Waals surface area contributed by atoms with E-state index in [1.165, 1.54) is 11.3 Å². The maximum Gasteiger partial charge on any atom is 0.252 e. The molecule has 2 aromatic rings. The normalized spacial score (nSPS) is 18.0. The van der Waals surface area contributed by atoms with Gasteiger partial charge in [0.15, 0.2) is 6.10 Å². The molecule has 0 aliphatic heterocycles. The third-order valence-corrected chi connectivity index (χ3v) is 4.59. The highest BCUT2D eigenvalue weighted by atomic mass is 32.1. The van der Waals surface area contributed by atoms with E-state index in [2.05, 4.69) is 10.3 Å². The first-order chi connectivity index (χ1) is 10.1. The quantitative estimate of drug-likeness (QED) is 0.748. The van der Waals surface area contributed by atoms with Crippen LogP contribution in [0.1, 0.15) is 24.0 Å². The zero-order valence-corrected chi connectivity index (χ0v) is 12.1. The van der Waals surface area contributed by atoms with Crippen LogP contribution in [0.4, 0.5) is 0 Å². The summed E-state index contributed by atoms with van der Waals surface area (Å²) in [7, 11) is 0. The van der Waals surface area contributed by atoms with Crippen LogP contribution in [0, 0.1) is 0 Å². The second-order valence-corrected chi connectivity index (χ2v) is 6.12. The number of hydrogen-bond acceptors (Lipinski definition) is 5. The van der Waals surface area contributed by atoms with Gasteiger partial charge >= 0.3 is 0 Å². The molecule has 1 aromatic carbocycles. The smallest absolute Gasteiger partial charge is 0.252 e. The van der Waals surface area contributed by atoms with Crippen molar-refractivity contribution in [3.63, 3.8) is 0 Å². The van der Waals surface area contributed by atoms with Crippen LogP contribution in [-0.4, -0.2) is 33.3 Å². The van der Waals surface area contributed by atoms with Gasteiger partial charge in [0.1, 0.15) is 11.1 Å². The Morgan fingerprint density at radius 2 is 2.00 bits per heavy atom. The zero-order chi connectivity index (χ0) is 14.8. The van der Waals surface area contributed by atoms with E-state index in [1.807, 2.05) is 36.4 Å². The average Bonchev–Trinajstić information content (AvgIpc) is 3.14. The summed E-state index contributed by atoms with van der Waals surface area (Å²) in [6.45, 7) is 0. The molecule has 21 heavy (non-hydrogen) atoms. The highest BCUT2D eigenvalue weighted by molar-refractivity contribution is 7.18. The molecule has 0 unspecified atom stereocenters. The van der Waals surface area contributed by atoms with Gasteiger partial charge in [-0.05, 0) is 25.0 Å². The Hall–Kier alpha value is -1.76. The number of aromatic nitrogens is 1. The molecule has 0 saturated heterocycles. The number of rotatable bonds is 4. The summed E-state index contributed by atoms with van der Waals surface area (Å²) in [5, 5.41) is 23.2. The van der Waals surface area contributed by atoms with Gasteiger partial charge in [-0.3, -0.25) is 4.79 Å². The molecule has 1 aliphatic rings. The highest BCUT2D eigenvalue weighted by Gasteiger charge is 2.29. The molecule has 6 heteroatoms. The van der Waals surface area contributed by atoms with E-state index >= 15 is 0 Å². The molecule has 0 fully saturated rings. The van der Waals surface area contributed by atoms with Crippen LogP contribution in [0.2, 0.25) is 0 Å². The fraction of sp³-hybridized carbons (Fsp3) is 0.333. The van der Waals surface area contributed by atoms with Gasteiger partial charge in [-0.2, -0.15) is 0 Å². The minimum atomic E-state index is -1.51. The Bertz CT molecular complexity index is 641. The van der Waals surface area contributed by atoms with E-state index < -0.39 is 18.1 Å². The molecule has 1 aromatic heterocycles. The number of hydrogen-bond donors (Lipinski definition) is 3. The fourth-order valence-electron chi connectivity index (χ4n) is 2.32. The third kappa shape index (κ3) is 2.97. The van der Waals surface area contributed by atoms with Crippen LogP contribution >= 0.6 is 11.3 Å². The topological polar surface area (TPSA) is 82.5 Å². The van der Waals surface area contributed by atoms with Gasteiger partial charge in [0, 0.05) is 6.04 Å². The minimum Gasteiger partial charge on any atom is -0.383 e. The lowest BCUT2D eigenvalue weighted by Gasteiger charge is -2.18. The maximum atomic E-state index is 12.0. The predicted molar refractivity (Wildman–Crippen MR) is 80.9 cm³/mol. The number of thiazole rings is 1. The molecule has 3 N–H and O–H groups in total. The van der Waals surface area contributed by atoms with E-state index in [4.69, 9.17) is 0 Å². The molecule has 110 valence electrons. The Morgan fingerprint density at radius 1 is 1.29 bits per heavy atom. The number of benzene rings is 1. The van der Waals surface area contributed by atoms with Crippen molar-refractivity contribution in [1.29, 1.82) is 0 Å². The number of nitrogens with zero attached hydrogens (tertiary/aromatic N) is 1. The molecule has 1 heterocycles. The van der Waals surface area contributed by atoms with Crippen LogP contribution < -0.4 is 5.32 Å². The molecule has 5 nitrogen and oxygen atoms in total. The standard InChI is InChI=1S/C15H16N2O3S/c18-12(14(20)16-9-5-1-2-6-9)13(19)15-17-10-7-3-4-8-11(10)21-15/h1-4,7-9,12-13,18-19H,5-6H2,(H,16,20)/t12-,13-/m0/s1. The van der Waals surface area contributed by atoms with Crippen LogP contribution in [0.15, 0.2) is 36.4 Å². The average molecular weight is 304 g/mol. The molecule has 0 bridgehead atoms. The maximum absolute atomic E-state index is 12.0. The second-order valence-electron chi connectivity index (χ2n) is 5.06. The van der Waals surface area contributed by atoms with E-state index in [9.17, 15) is 15.0 Å². The Kier molecular flexibility index (Phi) is 4.01. The van der Waals surface area contributed by atoms with Crippen molar-refractivity contribution in [2.75, 3.05) is 0 Å². The molecule has 0 spiro atoms. The number of fused-ring (bicyclic) bond motifs is 1. The van der Waals surface area contributed by atoms with Gasteiger partial charge in [-0.25, -0.2) is 4.98 Å². The molecule has 1 aliphatic carbocycles. The summed E-state index contributed by atoms with van der Waals surface area (Å²) in [5.74, 6) is -0.560. The van der Waals surface area contributed by atoms with Gasteiger partial charge in [0.2, 0.25) is 0 Å². The van der Waals surface area contributed by atoms with Gasteiger partial charge in [0.25, 0.3) is 5.91 Å².